The molecule has 17 nitrogen and oxygen atoms in total. The van der Waals surface area contributed by atoms with Gasteiger partial charge in [0.2, 0.25) is 0 Å². The zero-order chi connectivity index (χ0) is 45.8. The standard InChI is InChI=1S/C46H74O17/c1-41(2)13-14-45(40(56)57)15-16-46(21-48)22(23(45)17-41)7-8-28-43(5)11-10-29(42(3,4)27(43)9-12-44(28,46)6)61-39-36(63-37-33(54)30(51)24(49)19-58-37)35(25(50)20-59-39)62-38-34(55)32(53)31(52)26(18-47)60-38/h7,23-39,47-55H,8-21H2,1-6H3,(H,56,57)/t23-,24+,25-,26+,27-,28+,29-,30-,31+,32-,33+,34+,35-,36+,37-,38-,39-,43-,44+,45-,46-/m0/s1. The normalized spacial score (nSPS) is 52.9. The first kappa shape index (κ1) is 48.1. The fourth-order valence-electron chi connectivity index (χ4n) is 14.7. The van der Waals surface area contributed by atoms with Gasteiger partial charge in [0.1, 0.15) is 61.0 Å². The van der Waals surface area contributed by atoms with E-state index in [4.69, 9.17) is 28.4 Å². The summed E-state index contributed by atoms with van der Waals surface area (Å²) in [5.41, 5.74) is -1.16. The molecule has 0 aromatic heterocycles. The van der Waals surface area contributed by atoms with Crippen molar-refractivity contribution in [2.45, 2.75) is 192 Å². The number of aliphatic carboxylic acids is 1. The highest BCUT2D eigenvalue weighted by atomic mass is 16.8. The lowest BCUT2D eigenvalue weighted by Crippen LogP contribution is -2.67. The smallest absolute Gasteiger partial charge is 0.310 e. The SMILES string of the molecule is CC1(C)CC[C@]2(C(=O)O)CC[C@]3(CO)C(=CC[C@@H]4[C@@]5(C)CC[C@H](O[C@@H]6OC[C@H](O)[C@H](O[C@@H]7O[C@H](CO)[C@@H](O)[C@H](O)[C@H]7O)[C@H]6O[C@@H]6OC[C@@H](O)[C@H](O)[C@H]6O)C(C)(C)[C@@H]5CC[C@]43C)[C@@H]2C1. The molecule has 0 bridgehead atoms. The molecule has 0 radical (unpaired) electrons. The van der Waals surface area contributed by atoms with E-state index < -0.39 is 115 Å². The molecule has 4 saturated carbocycles. The summed E-state index contributed by atoms with van der Waals surface area (Å²) < 4.78 is 36.7. The molecule has 21 atom stereocenters. The molecule has 0 unspecified atom stereocenters. The van der Waals surface area contributed by atoms with Gasteiger partial charge in [0.15, 0.2) is 18.9 Å². The van der Waals surface area contributed by atoms with Crippen LogP contribution in [-0.2, 0) is 33.2 Å². The minimum atomic E-state index is -1.81. The van der Waals surface area contributed by atoms with Crippen LogP contribution in [-0.4, -0.2) is 169 Å². The van der Waals surface area contributed by atoms with Crippen LogP contribution in [0.3, 0.4) is 0 Å². The third kappa shape index (κ3) is 7.50. The summed E-state index contributed by atoms with van der Waals surface area (Å²) in [7, 11) is 0. The van der Waals surface area contributed by atoms with Gasteiger partial charge in [-0.05, 0) is 104 Å². The molecule has 0 spiro atoms. The first-order chi connectivity index (χ1) is 29.5. The number of fused-ring (bicyclic) bond motifs is 7. The van der Waals surface area contributed by atoms with E-state index in [2.05, 4.69) is 47.6 Å². The molecule has 8 aliphatic rings. The molecule has 3 heterocycles. The van der Waals surface area contributed by atoms with Gasteiger partial charge in [-0.25, -0.2) is 0 Å². The van der Waals surface area contributed by atoms with E-state index in [9.17, 15) is 55.9 Å². The number of aliphatic hydroxyl groups is 9. The van der Waals surface area contributed by atoms with E-state index in [1.807, 2.05) is 0 Å². The molecule has 8 rings (SSSR count). The van der Waals surface area contributed by atoms with Gasteiger partial charge < -0.3 is 79.5 Å². The summed E-state index contributed by atoms with van der Waals surface area (Å²) in [6, 6.07) is 0. The molecule has 0 amide bonds. The van der Waals surface area contributed by atoms with Crippen molar-refractivity contribution in [3.63, 3.8) is 0 Å². The molecule has 7 fully saturated rings. The minimum Gasteiger partial charge on any atom is -0.481 e. The lowest BCUT2D eigenvalue weighted by atomic mass is 9.33. The average Bonchev–Trinajstić information content (AvgIpc) is 3.23. The highest BCUT2D eigenvalue weighted by molar-refractivity contribution is 5.76. The third-order valence-corrected chi connectivity index (χ3v) is 18.5. The maximum Gasteiger partial charge on any atom is 0.310 e. The van der Waals surface area contributed by atoms with E-state index in [-0.39, 0.29) is 53.8 Å². The fraction of sp³-hybridized carbons (Fsp3) is 0.935. The second kappa shape index (κ2) is 17.0. The van der Waals surface area contributed by atoms with Crippen LogP contribution in [0.25, 0.3) is 0 Å². The lowest BCUT2D eigenvalue weighted by molar-refractivity contribution is -0.384. The van der Waals surface area contributed by atoms with E-state index in [1.54, 1.807) is 0 Å². The number of allylic oxidation sites excluding steroid dienone is 1. The maximum atomic E-state index is 13.2. The number of ether oxygens (including phenoxy) is 6. The molecular formula is C46H74O17. The van der Waals surface area contributed by atoms with Gasteiger partial charge in [-0.2, -0.15) is 0 Å². The molecule has 5 aliphatic carbocycles. The van der Waals surface area contributed by atoms with Gasteiger partial charge in [0.05, 0.1) is 37.9 Å². The molecule has 0 aromatic carbocycles. The second-order valence-electron chi connectivity index (χ2n) is 22.5. The van der Waals surface area contributed by atoms with Crippen molar-refractivity contribution in [3.8, 4) is 0 Å². The van der Waals surface area contributed by atoms with Crippen molar-refractivity contribution < 1.29 is 84.3 Å². The summed E-state index contributed by atoms with van der Waals surface area (Å²) in [5, 5.41) is 107. The van der Waals surface area contributed by atoms with Crippen LogP contribution in [0.5, 0.6) is 0 Å². The van der Waals surface area contributed by atoms with E-state index in [0.29, 0.717) is 25.7 Å². The molecule has 3 saturated heterocycles. The Morgan fingerprint density at radius 3 is 2.03 bits per heavy atom. The van der Waals surface area contributed by atoms with Crippen molar-refractivity contribution in [3.05, 3.63) is 11.6 Å². The van der Waals surface area contributed by atoms with E-state index in [1.165, 1.54) is 5.57 Å². The maximum absolute atomic E-state index is 13.2. The summed E-state index contributed by atoms with van der Waals surface area (Å²) in [4.78, 5) is 13.2. The van der Waals surface area contributed by atoms with Gasteiger partial charge in [-0.3, -0.25) is 4.79 Å². The predicted molar refractivity (Wildman–Crippen MR) is 220 cm³/mol. The Bertz CT molecular complexity index is 1710. The van der Waals surface area contributed by atoms with Gasteiger partial charge in [-0.15, -0.1) is 0 Å². The van der Waals surface area contributed by atoms with Crippen LogP contribution in [0.1, 0.15) is 106 Å². The van der Waals surface area contributed by atoms with Gasteiger partial charge in [-0.1, -0.05) is 53.2 Å². The minimum absolute atomic E-state index is 0.00393. The summed E-state index contributed by atoms with van der Waals surface area (Å²) in [6.07, 6.45) is -10.9. The Balaban J connectivity index is 1.07. The Morgan fingerprint density at radius 2 is 1.35 bits per heavy atom. The first-order valence-electron chi connectivity index (χ1n) is 23.3. The monoisotopic (exact) mass is 898 g/mol. The number of hydrogen-bond donors (Lipinski definition) is 10. The Labute approximate surface area is 369 Å². The van der Waals surface area contributed by atoms with Gasteiger partial charge in [0.25, 0.3) is 0 Å². The molecule has 10 N–H and O–H groups in total. The number of carboxylic acid groups (broad SMARTS) is 1. The number of carboxylic acids is 1. The van der Waals surface area contributed by atoms with Crippen LogP contribution >= 0.6 is 0 Å². The van der Waals surface area contributed by atoms with Crippen LogP contribution in [0, 0.1) is 50.2 Å². The quantitative estimate of drug-likeness (QED) is 0.114. The summed E-state index contributed by atoms with van der Waals surface area (Å²) >= 11 is 0. The number of rotatable bonds is 9. The topological polar surface area (TPSA) is 275 Å². The Hall–Kier alpha value is -1.39. The largest absolute Gasteiger partial charge is 0.481 e. The van der Waals surface area contributed by atoms with Crippen molar-refractivity contribution in [1.82, 2.24) is 0 Å². The zero-order valence-electron chi connectivity index (χ0n) is 37.6. The van der Waals surface area contributed by atoms with E-state index in [0.717, 1.165) is 38.5 Å². The van der Waals surface area contributed by atoms with Gasteiger partial charge >= 0.3 is 5.97 Å². The molecule has 17 heteroatoms. The van der Waals surface area contributed by atoms with Crippen molar-refractivity contribution in [1.29, 1.82) is 0 Å². The average molecular weight is 899 g/mol. The van der Waals surface area contributed by atoms with Crippen molar-refractivity contribution >= 4 is 5.97 Å². The number of aliphatic hydroxyl groups excluding tert-OH is 9. The third-order valence-electron chi connectivity index (χ3n) is 18.5. The van der Waals surface area contributed by atoms with Crippen LogP contribution in [0.15, 0.2) is 11.6 Å². The van der Waals surface area contributed by atoms with Gasteiger partial charge in [0, 0.05) is 5.41 Å². The highest BCUT2D eigenvalue weighted by Crippen LogP contribution is 2.76. The van der Waals surface area contributed by atoms with Crippen LogP contribution in [0.4, 0.5) is 0 Å². The summed E-state index contributed by atoms with van der Waals surface area (Å²) in [5.74, 6) is -0.519. The molecule has 63 heavy (non-hydrogen) atoms. The molecule has 360 valence electrons. The Morgan fingerprint density at radius 1 is 0.698 bits per heavy atom. The first-order valence-corrected chi connectivity index (χ1v) is 23.3. The number of hydrogen-bond acceptors (Lipinski definition) is 16. The highest BCUT2D eigenvalue weighted by Gasteiger charge is 2.71. The predicted octanol–water partition coefficient (Wildman–Crippen LogP) is 0.957. The summed E-state index contributed by atoms with van der Waals surface area (Å²) in [6.45, 7) is 12.1. The molecule has 0 aromatic rings. The molecule has 3 aliphatic heterocycles. The lowest BCUT2D eigenvalue weighted by Gasteiger charge is -2.71. The van der Waals surface area contributed by atoms with Crippen molar-refractivity contribution in [2.75, 3.05) is 26.4 Å². The van der Waals surface area contributed by atoms with Crippen LogP contribution < -0.4 is 0 Å². The van der Waals surface area contributed by atoms with E-state index >= 15 is 0 Å². The number of carbonyl (C=O) groups is 1. The fourth-order valence-corrected chi connectivity index (χ4v) is 14.7. The Kier molecular flexibility index (Phi) is 13.0. The van der Waals surface area contributed by atoms with Crippen LogP contribution in [0.2, 0.25) is 0 Å². The molecular weight excluding hydrogens is 824 g/mol. The second-order valence-corrected chi connectivity index (χ2v) is 22.5. The van der Waals surface area contributed by atoms with Crippen molar-refractivity contribution in [2.24, 2.45) is 50.2 Å². The zero-order valence-corrected chi connectivity index (χ0v) is 37.6.